The molecule has 1 aromatic carbocycles. The molecule has 0 atom stereocenters. The summed E-state index contributed by atoms with van der Waals surface area (Å²) in [6, 6.07) is 8.59. The van der Waals surface area contributed by atoms with Crippen molar-refractivity contribution in [3.63, 3.8) is 0 Å². The van der Waals surface area contributed by atoms with Gasteiger partial charge in [-0.1, -0.05) is 53.2 Å². The molecule has 0 heterocycles. The predicted molar refractivity (Wildman–Crippen MR) is 88.5 cm³/mol. The second-order valence-corrected chi connectivity index (χ2v) is 8.32. The SMILES string of the molecule is CCC(C)(C)CC(C)(C)c1cccc(OC(C)(C)C)c1. The van der Waals surface area contributed by atoms with Crippen molar-refractivity contribution in [1.29, 1.82) is 0 Å². The molecule has 0 N–H and O–H groups in total. The van der Waals surface area contributed by atoms with Crippen LogP contribution in [0.4, 0.5) is 0 Å². The lowest BCUT2D eigenvalue weighted by molar-refractivity contribution is 0.130. The van der Waals surface area contributed by atoms with Crippen molar-refractivity contribution in [2.75, 3.05) is 0 Å². The standard InChI is InChI=1S/C19H32O/c1-9-18(5,6)14-19(7,8)15-11-10-12-16(13-15)20-17(2,3)4/h10-13H,9,14H2,1-8H3. The minimum Gasteiger partial charge on any atom is -0.488 e. The summed E-state index contributed by atoms with van der Waals surface area (Å²) in [5.41, 5.74) is 1.74. The molecule has 1 rings (SSSR count). The first kappa shape index (κ1) is 17.1. The highest BCUT2D eigenvalue weighted by Gasteiger charge is 2.29. The zero-order valence-corrected chi connectivity index (χ0v) is 14.6. The van der Waals surface area contributed by atoms with Crippen LogP contribution < -0.4 is 4.74 Å². The zero-order valence-electron chi connectivity index (χ0n) is 14.6. The Bertz CT molecular complexity index is 435. The van der Waals surface area contributed by atoms with Gasteiger partial charge in [-0.2, -0.15) is 0 Å². The minimum atomic E-state index is -0.147. The zero-order chi connectivity index (χ0) is 15.6. The fraction of sp³-hybridized carbons (Fsp3) is 0.684. The molecule has 0 unspecified atom stereocenters. The Morgan fingerprint density at radius 3 is 2.05 bits per heavy atom. The van der Waals surface area contributed by atoms with E-state index in [2.05, 4.69) is 79.7 Å². The number of ether oxygens (including phenoxy) is 1. The summed E-state index contributed by atoms with van der Waals surface area (Å²) in [6.07, 6.45) is 2.38. The second kappa shape index (κ2) is 5.79. The summed E-state index contributed by atoms with van der Waals surface area (Å²) in [6.45, 7) is 17.9. The Hall–Kier alpha value is -0.980. The summed E-state index contributed by atoms with van der Waals surface area (Å²) in [5.74, 6) is 0.970. The highest BCUT2D eigenvalue weighted by molar-refractivity contribution is 5.33. The number of rotatable bonds is 5. The summed E-state index contributed by atoms with van der Waals surface area (Å²) in [4.78, 5) is 0. The van der Waals surface area contributed by atoms with E-state index in [1.165, 1.54) is 18.4 Å². The fourth-order valence-electron chi connectivity index (χ4n) is 2.76. The van der Waals surface area contributed by atoms with Crippen molar-refractivity contribution >= 4 is 0 Å². The molecule has 0 spiro atoms. The van der Waals surface area contributed by atoms with Crippen LogP contribution in [0.15, 0.2) is 24.3 Å². The van der Waals surface area contributed by atoms with Crippen molar-refractivity contribution < 1.29 is 4.74 Å². The third-order valence-electron chi connectivity index (χ3n) is 3.92. The van der Waals surface area contributed by atoms with Crippen LogP contribution in [-0.2, 0) is 5.41 Å². The first-order valence-electron chi connectivity index (χ1n) is 7.75. The van der Waals surface area contributed by atoms with E-state index in [9.17, 15) is 0 Å². The lowest BCUT2D eigenvalue weighted by Crippen LogP contribution is -2.27. The molecule has 0 saturated carbocycles. The fourth-order valence-corrected chi connectivity index (χ4v) is 2.76. The molecule has 0 aliphatic heterocycles. The van der Waals surface area contributed by atoms with E-state index in [0.29, 0.717) is 5.41 Å². The van der Waals surface area contributed by atoms with Gasteiger partial charge in [0, 0.05) is 0 Å². The molecule has 0 bridgehead atoms. The van der Waals surface area contributed by atoms with E-state index in [1.54, 1.807) is 0 Å². The maximum Gasteiger partial charge on any atom is 0.120 e. The first-order valence-corrected chi connectivity index (χ1v) is 7.75. The summed E-state index contributed by atoms with van der Waals surface area (Å²) in [7, 11) is 0. The molecular formula is C19H32O. The van der Waals surface area contributed by atoms with Crippen molar-refractivity contribution in [2.24, 2.45) is 5.41 Å². The van der Waals surface area contributed by atoms with Gasteiger partial charge in [0.2, 0.25) is 0 Å². The van der Waals surface area contributed by atoms with Crippen LogP contribution in [0.25, 0.3) is 0 Å². The molecule has 0 amide bonds. The van der Waals surface area contributed by atoms with E-state index >= 15 is 0 Å². The van der Waals surface area contributed by atoms with Gasteiger partial charge < -0.3 is 4.74 Å². The summed E-state index contributed by atoms with van der Waals surface area (Å²) >= 11 is 0. The van der Waals surface area contributed by atoms with Gasteiger partial charge in [-0.05, 0) is 55.7 Å². The maximum absolute atomic E-state index is 5.99. The van der Waals surface area contributed by atoms with Crippen LogP contribution in [0.5, 0.6) is 5.75 Å². The van der Waals surface area contributed by atoms with Crippen LogP contribution in [-0.4, -0.2) is 5.60 Å². The molecule has 1 nitrogen and oxygen atoms in total. The molecule has 0 saturated heterocycles. The van der Waals surface area contributed by atoms with E-state index in [-0.39, 0.29) is 11.0 Å². The molecule has 20 heavy (non-hydrogen) atoms. The van der Waals surface area contributed by atoms with Crippen LogP contribution in [0.2, 0.25) is 0 Å². The normalized spacial score (nSPS) is 13.4. The van der Waals surface area contributed by atoms with Crippen molar-refractivity contribution in [2.45, 2.75) is 79.2 Å². The smallest absolute Gasteiger partial charge is 0.120 e. The molecule has 1 aromatic rings. The average molecular weight is 276 g/mol. The second-order valence-electron chi connectivity index (χ2n) is 8.32. The van der Waals surface area contributed by atoms with Crippen molar-refractivity contribution in [3.8, 4) is 5.75 Å². The number of hydrogen-bond acceptors (Lipinski definition) is 1. The third-order valence-corrected chi connectivity index (χ3v) is 3.92. The highest BCUT2D eigenvalue weighted by Crippen LogP contribution is 2.39. The molecule has 0 fully saturated rings. The van der Waals surface area contributed by atoms with E-state index in [0.717, 1.165) is 5.75 Å². The summed E-state index contributed by atoms with van der Waals surface area (Å²) < 4.78 is 5.99. The maximum atomic E-state index is 5.99. The number of hydrogen-bond donors (Lipinski definition) is 0. The van der Waals surface area contributed by atoms with Gasteiger partial charge in [0.1, 0.15) is 11.4 Å². The van der Waals surface area contributed by atoms with E-state index in [4.69, 9.17) is 4.74 Å². The highest BCUT2D eigenvalue weighted by atomic mass is 16.5. The Morgan fingerprint density at radius 2 is 1.55 bits per heavy atom. The predicted octanol–water partition coefficient (Wildman–Crippen LogP) is 5.97. The molecule has 1 heteroatoms. The van der Waals surface area contributed by atoms with Gasteiger partial charge in [-0.25, -0.2) is 0 Å². The van der Waals surface area contributed by atoms with E-state index in [1.807, 2.05) is 0 Å². The average Bonchev–Trinajstić information content (AvgIpc) is 2.26. The third kappa shape index (κ3) is 5.19. The Kier molecular flexibility index (Phi) is 4.94. The van der Waals surface area contributed by atoms with Gasteiger partial charge in [0.15, 0.2) is 0 Å². The van der Waals surface area contributed by atoms with Gasteiger partial charge in [0.25, 0.3) is 0 Å². The monoisotopic (exact) mass is 276 g/mol. The lowest BCUT2D eigenvalue weighted by Gasteiger charge is -2.35. The first-order chi connectivity index (χ1) is 8.95. The molecule has 0 radical (unpaired) electrons. The van der Waals surface area contributed by atoms with Crippen molar-refractivity contribution in [3.05, 3.63) is 29.8 Å². The van der Waals surface area contributed by atoms with Gasteiger partial charge in [-0.3, -0.25) is 0 Å². The molecule has 0 aliphatic rings. The van der Waals surface area contributed by atoms with Gasteiger partial charge in [0.05, 0.1) is 0 Å². The number of benzene rings is 1. The topological polar surface area (TPSA) is 9.23 Å². The lowest BCUT2D eigenvalue weighted by atomic mass is 9.70. The molecule has 0 aliphatic carbocycles. The molecular weight excluding hydrogens is 244 g/mol. The Balaban J connectivity index is 2.98. The van der Waals surface area contributed by atoms with Gasteiger partial charge >= 0.3 is 0 Å². The quantitative estimate of drug-likeness (QED) is 0.644. The molecule has 114 valence electrons. The Labute approximate surface area is 125 Å². The molecule has 0 aromatic heterocycles. The van der Waals surface area contributed by atoms with E-state index < -0.39 is 0 Å². The van der Waals surface area contributed by atoms with Crippen LogP contribution in [0.3, 0.4) is 0 Å². The van der Waals surface area contributed by atoms with Crippen LogP contribution in [0, 0.1) is 5.41 Å². The van der Waals surface area contributed by atoms with Crippen molar-refractivity contribution in [1.82, 2.24) is 0 Å². The van der Waals surface area contributed by atoms with Crippen LogP contribution in [0.1, 0.15) is 73.8 Å². The Morgan fingerprint density at radius 1 is 0.950 bits per heavy atom. The minimum absolute atomic E-state index is 0.147. The van der Waals surface area contributed by atoms with Crippen LogP contribution >= 0.6 is 0 Å². The van der Waals surface area contributed by atoms with Gasteiger partial charge in [-0.15, -0.1) is 0 Å². The summed E-state index contributed by atoms with van der Waals surface area (Å²) in [5, 5.41) is 0. The largest absolute Gasteiger partial charge is 0.488 e.